The third-order valence-electron chi connectivity index (χ3n) is 3.88. The predicted octanol–water partition coefficient (Wildman–Crippen LogP) is 1.18. The lowest BCUT2D eigenvalue weighted by atomic mass is 9.84. The molecule has 3 atom stereocenters. The van der Waals surface area contributed by atoms with Crippen molar-refractivity contribution in [3.63, 3.8) is 0 Å². The summed E-state index contributed by atoms with van der Waals surface area (Å²) in [6.07, 6.45) is 2.43. The molecule has 1 aliphatic rings. The Morgan fingerprint density at radius 2 is 2.00 bits per heavy atom. The third-order valence-corrected chi connectivity index (χ3v) is 4.58. The SMILES string of the molecule is CCOC(=O)[C@@H](CC(=O)C1CCNC1=O)[C@H](CC)C(=O)SC. The molecule has 0 radical (unpaired) electrons. The van der Waals surface area contributed by atoms with Gasteiger partial charge in [0, 0.05) is 18.9 Å². The third kappa shape index (κ3) is 4.56. The Labute approximate surface area is 134 Å². The lowest BCUT2D eigenvalue weighted by Crippen LogP contribution is -2.34. The van der Waals surface area contributed by atoms with Gasteiger partial charge < -0.3 is 10.1 Å². The number of amides is 1. The second kappa shape index (κ2) is 8.92. The lowest BCUT2D eigenvalue weighted by Gasteiger charge is -2.23. The summed E-state index contributed by atoms with van der Waals surface area (Å²) < 4.78 is 5.02. The molecule has 0 aliphatic carbocycles. The van der Waals surface area contributed by atoms with Crippen molar-refractivity contribution in [2.75, 3.05) is 19.4 Å². The first-order valence-corrected chi connectivity index (χ1v) is 8.73. The van der Waals surface area contributed by atoms with Crippen molar-refractivity contribution >= 4 is 34.5 Å². The molecule has 1 N–H and O–H groups in total. The normalized spacial score (nSPS) is 20.1. The van der Waals surface area contributed by atoms with E-state index in [0.29, 0.717) is 19.4 Å². The highest BCUT2D eigenvalue weighted by atomic mass is 32.2. The van der Waals surface area contributed by atoms with Crippen LogP contribution in [0.4, 0.5) is 0 Å². The second-order valence-electron chi connectivity index (χ2n) is 5.20. The van der Waals surface area contributed by atoms with E-state index >= 15 is 0 Å². The number of ketones is 1. The van der Waals surface area contributed by atoms with Crippen LogP contribution < -0.4 is 5.32 Å². The van der Waals surface area contributed by atoms with Gasteiger partial charge in [0.15, 0.2) is 5.12 Å². The Balaban J connectivity index is 2.89. The van der Waals surface area contributed by atoms with Crippen LogP contribution in [0.1, 0.15) is 33.1 Å². The number of Topliss-reactive ketones (excluding diaryl/α,β-unsaturated/α-hetero) is 1. The van der Waals surface area contributed by atoms with E-state index in [2.05, 4.69) is 5.32 Å². The molecule has 1 amide bonds. The molecule has 0 aromatic rings. The number of thioether (sulfide) groups is 1. The van der Waals surface area contributed by atoms with Gasteiger partial charge in [-0.05, 0) is 26.0 Å². The average Bonchev–Trinajstić information content (AvgIpc) is 2.92. The van der Waals surface area contributed by atoms with Crippen molar-refractivity contribution < 1.29 is 23.9 Å². The highest BCUT2D eigenvalue weighted by molar-refractivity contribution is 8.13. The van der Waals surface area contributed by atoms with Crippen molar-refractivity contribution in [3.05, 3.63) is 0 Å². The number of nitrogens with one attached hydrogen (secondary N) is 1. The van der Waals surface area contributed by atoms with Gasteiger partial charge in [0.1, 0.15) is 5.78 Å². The molecule has 124 valence electrons. The van der Waals surface area contributed by atoms with E-state index in [9.17, 15) is 19.2 Å². The van der Waals surface area contributed by atoms with E-state index in [1.807, 2.05) is 0 Å². The number of hydrogen-bond acceptors (Lipinski definition) is 6. The Hall–Kier alpha value is -1.37. The fraction of sp³-hybridized carbons (Fsp3) is 0.733. The zero-order chi connectivity index (χ0) is 16.7. The molecule has 0 aromatic heterocycles. The molecular formula is C15H23NO5S. The average molecular weight is 329 g/mol. The van der Waals surface area contributed by atoms with E-state index in [0.717, 1.165) is 11.8 Å². The molecule has 1 aliphatic heterocycles. The minimum absolute atomic E-state index is 0.123. The van der Waals surface area contributed by atoms with Crippen LogP contribution in [0.25, 0.3) is 0 Å². The van der Waals surface area contributed by atoms with Crippen LogP contribution in [-0.2, 0) is 23.9 Å². The number of ether oxygens (including phenoxy) is 1. The molecular weight excluding hydrogens is 306 g/mol. The number of rotatable bonds is 8. The summed E-state index contributed by atoms with van der Waals surface area (Å²) in [7, 11) is 0. The fourth-order valence-electron chi connectivity index (χ4n) is 2.67. The minimum atomic E-state index is -0.814. The zero-order valence-corrected chi connectivity index (χ0v) is 14.0. The van der Waals surface area contributed by atoms with Gasteiger partial charge in [0.2, 0.25) is 5.91 Å². The molecule has 0 spiro atoms. The van der Waals surface area contributed by atoms with Crippen LogP contribution in [0.2, 0.25) is 0 Å². The zero-order valence-electron chi connectivity index (χ0n) is 13.2. The molecule has 6 nitrogen and oxygen atoms in total. The van der Waals surface area contributed by atoms with Gasteiger partial charge in [-0.1, -0.05) is 18.7 Å². The van der Waals surface area contributed by atoms with Gasteiger partial charge in [0.25, 0.3) is 0 Å². The summed E-state index contributed by atoms with van der Waals surface area (Å²) in [4.78, 5) is 48.1. The van der Waals surface area contributed by atoms with E-state index < -0.39 is 23.7 Å². The first-order chi connectivity index (χ1) is 10.5. The van der Waals surface area contributed by atoms with Gasteiger partial charge in [-0.2, -0.15) is 0 Å². The molecule has 0 aromatic carbocycles. The van der Waals surface area contributed by atoms with Gasteiger partial charge >= 0.3 is 5.97 Å². The quantitative estimate of drug-likeness (QED) is 0.531. The molecule has 0 saturated carbocycles. The largest absolute Gasteiger partial charge is 0.466 e. The van der Waals surface area contributed by atoms with Crippen LogP contribution in [-0.4, -0.2) is 42.2 Å². The van der Waals surface area contributed by atoms with Crippen molar-refractivity contribution in [3.8, 4) is 0 Å². The second-order valence-corrected chi connectivity index (χ2v) is 6.01. The van der Waals surface area contributed by atoms with E-state index in [4.69, 9.17) is 4.74 Å². The Morgan fingerprint density at radius 1 is 1.32 bits per heavy atom. The monoisotopic (exact) mass is 329 g/mol. The molecule has 1 unspecified atom stereocenters. The highest BCUT2D eigenvalue weighted by Crippen LogP contribution is 2.28. The van der Waals surface area contributed by atoms with Gasteiger partial charge in [-0.25, -0.2) is 0 Å². The maximum atomic E-state index is 12.3. The summed E-state index contributed by atoms with van der Waals surface area (Å²) in [5, 5.41) is 2.47. The number of esters is 1. The molecule has 1 rings (SSSR count). The van der Waals surface area contributed by atoms with Crippen LogP contribution >= 0.6 is 11.8 Å². The first-order valence-electron chi connectivity index (χ1n) is 7.51. The molecule has 1 saturated heterocycles. The number of carbonyl (C=O) groups excluding carboxylic acids is 4. The lowest BCUT2D eigenvalue weighted by molar-refractivity contribution is -0.153. The van der Waals surface area contributed by atoms with Crippen LogP contribution in [0.3, 0.4) is 0 Å². The smallest absolute Gasteiger partial charge is 0.310 e. The van der Waals surface area contributed by atoms with Gasteiger partial charge in [0.05, 0.1) is 18.4 Å². The van der Waals surface area contributed by atoms with Gasteiger partial charge in [-0.15, -0.1) is 0 Å². The molecule has 22 heavy (non-hydrogen) atoms. The maximum Gasteiger partial charge on any atom is 0.310 e. The molecule has 1 fully saturated rings. The van der Waals surface area contributed by atoms with Crippen molar-refractivity contribution in [1.29, 1.82) is 0 Å². The topological polar surface area (TPSA) is 89.5 Å². The molecule has 7 heteroatoms. The molecule has 0 bridgehead atoms. The van der Waals surface area contributed by atoms with Crippen LogP contribution in [0, 0.1) is 17.8 Å². The predicted molar refractivity (Wildman–Crippen MR) is 83.2 cm³/mol. The van der Waals surface area contributed by atoms with Crippen molar-refractivity contribution in [2.45, 2.75) is 33.1 Å². The minimum Gasteiger partial charge on any atom is -0.466 e. The summed E-state index contributed by atoms with van der Waals surface area (Å²) >= 11 is 1.04. The summed E-state index contributed by atoms with van der Waals surface area (Å²) in [5.74, 6) is -3.21. The number of carbonyl (C=O) groups is 4. The Kier molecular flexibility index (Phi) is 7.58. The summed E-state index contributed by atoms with van der Waals surface area (Å²) in [5.41, 5.74) is 0. The number of hydrogen-bond donors (Lipinski definition) is 1. The van der Waals surface area contributed by atoms with Crippen molar-refractivity contribution in [2.24, 2.45) is 17.8 Å². The van der Waals surface area contributed by atoms with E-state index in [1.165, 1.54) is 0 Å². The Morgan fingerprint density at radius 3 is 2.45 bits per heavy atom. The molecule has 1 heterocycles. The van der Waals surface area contributed by atoms with Crippen LogP contribution in [0.5, 0.6) is 0 Å². The van der Waals surface area contributed by atoms with E-state index in [-0.39, 0.29) is 29.8 Å². The van der Waals surface area contributed by atoms with Crippen molar-refractivity contribution in [1.82, 2.24) is 5.32 Å². The summed E-state index contributed by atoms with van der Waals surface area (Å²) in [6.45, 7) is 4.15. The van der Waals surface area contributed by atoms with E-state index in [1.54, 1.807) is 20.1 Å². The summed E-state index contributed by atoms with van der Waals surface area (Å²) in [6, 6.07) is 0. The van der Waals surface area contributed by atoms with Crippen LogP contribution in [0.15, 0.2) is 0 Å². The first kappa shape index (κ1) is 18.7. The highest BCUT2D eigenvalue weighted by Gasteiger charge is 2.39. The standard InChI is InChI=1S/C15H23NO5S/c1-4-9(15(20)22-3)11(14(19)21-5-2)8-12(17)10-6-7-16-13(10)18/h9-11H,4-8H2,1-3H3,(H,16,18)/t9-,10?,11-/m0/s1. The Bertz CT molecular complexity index is 451. The fourth-order valence-corrected chi connectivity index (χ4v) is 3.30. The van der Waals surface area contributed by atoms with Gasteiger partial charge in [-0.3, -0.25) is 19.2 Å². The maximum absolute atomic E-state index is 12.3.